The van der Waals surface area contributed by atoms with Crippen LogP contribution in [0.2, 0.25) is 0 Å². The number of hydrogen-bond acceptors (Lipinski definition) is 3. The quantitative estimate of drug-likeness (QED) is 0.508. The second-order valence-corrected chi connectivity index (χ2v) is 6.97. The van der Waals surface area contributed by atoms with Gasteiger partial charge >= 0.3 is 37.4 Å². The average Bonchev–Trinajstić information content (AvgIpc) is 2.13. The second-order valence-electron chi connectivity index (χ2n) is 5.51. The van der Waals surface area contributed by atoms with Gasteiger partial charge in [0.15, 0.2) is 0 Å². The molecule has 0 heterocycles. The van der Waals surface area contributed by atoms with Crippen molar-refractivity contribution in [2.75, 3.05) is 13.2 Å². The second kappa shape index (κ2) is 10.8. The van der Waals surface area contributed by atoms with E-state index in [-0.39, 0.29) is 50.1 Å². The number of hydrogen-bond donors (Lipinski definition) is 1. The number of phosphoric acid groups is 1. The van der Waals surface area contributed by atoms with Crippen LogP contribution in [0.1, 0.15) is 48.9 Å². The van der Waals surface area contributed by atoms with Crippen LogP contribution in [0.25, 0.3) is 0 Å². The molecule has 0 fully saturated rings. The molecule has 0 saturated heterocycles. The van der Waals surface area contributed by atoms with Crippen LogP contribution in [0.4, 0.5) is 0 Å². The molecule has 0 aromatic heterocycles. The SMILES string of the molecule is CC(C)COP(=O)(O)OCCC(C)CC(C)C.[H-].[Na+]. The smallest absolute Gasteiger partial charge is 1.00 e. The molecule has 2 atom stereocenters. The molecule has 18 heavy (non-hydrogen) atoms. The molecule has 106 valence electrons. The van der Waals surface area contributed by atoms with Crippen molar-refractivity contribution < 1.29 is 49.5 Å². The number of phosphoric ester groups is 1. The van der Waals surface area contributed by atoms with Crippen LogP contribution >= 0.6 is 7.82 Å². The maximum absolute atomic E-state index is 11.4. The zero-order valence-corrected chi connectivity index (χ0v) is 15.6. The third-order valence-corrected chi connectivity index (χ3v) is 3.29. The largest absolute Gasteiger partial charge is 1.00 e. The third-order valence-electron chi connectivity index (χ3n) is 2.31. The fourth-order valence-corrected chi connectivity index (χ4v) is 2.47. The summed E-state index contributed by atoms with van der Waals surface area (Å²) in [4.78, 5) is 9.37. The van der Waals surface area contributed by atoms with Gasteiger partial charge in [0, 0.05) is 0 Å². The van der Waals surface area contributed by atoms with Crippen molar-refractivity contribution in [3.8, 4) is 0 Å². The van der Waals surface area contributed by atoms with E-state index in [1.54, 1.807) is 0 Å². The molecule has 6 heteroatoms. The van der Waals surface area contributed by atoms with E-state index in [9.17, 15) is 9.46 Å². The topological polar surface area (TPSA) is 55.8 Å². The van der Waals surface area contributed by atoms with Crippen LogP contribution in [0.3, 0.4) is 0 Å². The molecule has 0 radical (unpaired) electrons. The third kappa shape index (κ3) is 13.5. The Labute approximate surface area is 135 Å². The molecule has 4 nitrogen and oxygen atoms in total. The normalized spacial score (nSPS) is 16.4. The first-order chi connectivity index (χ1) is 7.73. The fraction of sp³-hybridized carbons (Fsp3) is 1.00. The van der Waals surface area contributed by atoms with Crippen molar-refractivity contribution in [2.45, 2.75) is 47.5 Å². The van der Waals surface area contributed by atoms with E-state index in [0.29, 0.717) is 11.8 Å². The van der Waals surface area contributed by atoms with E-state index < -0.39 is 7.82 Å². The Morgan fingerprint density at radius 1 is 1.11 bits per heavy atom. The monoisotopic (exact) mass is 290 g/mol. The van der Waals surface area contributed by atoms with Crippen LogP contribution in [0.5, 0.6) is 0 Å². The molecule has 0 saturated carbocycles. The van der Waals surface area contributed by atoms with Crippen LogP contribution in [-0.4, -0.2) is 18.1 Å². The molecule has 0 aliphatic rings. The number of rotatable bonds is 9. The minimum Gasteiger partial charge on any atom is -1.00 e. The van der Waals surface area contributed by atoms with E-state index in [1.165, 1.54) is 0 Å². The summed E-state index contributed by atoms with van der Waals surface area (Å²) in [7, 11) is -3.84. The molecule has 0 spiro atoms. The molecular weight excluding hydrogens is 262 g/mol. The van der Waals surface area contributed by atoms with Gasteiger partial charge in [-0.2, -0.15) is 0 Å². The van der Waals surface area contributed by atoms with Crippen LogP contribution in [-0.2, 0) is 13.6 Å². The molecule has 0 aromatic carbocycles. The predicted octanol–water partition coefficient (Wildman–Crippen LogP) is 0.965. The molecular formula is C12H28NaO4P. The van der Waals surface area contributed by atoms with Crippen LogP contribution in [0, 0.1) is 17.8 Å². The van der Waals surface area contributed by atoms with Crippen molar-refractivity contribution in [2.24, 2.45) is 17.8 Å². The molecule has 2 unspecified atom stereocenters. The Kier molecular flexibility index (Phi) is 12.9. The van der Waals surface area contributed by atoms with E-state index in [1.807, 2.05) is 13.8 Å². The van der Waals surface area contributed by atoms with Crippen LogP contribution < -0.4 is 29.6 Å². The van der Waals surface area contributed by atoms with Gasteiger partial charge < -0.3 is 6.32 Å². The summed E-state index contributed by atoms with van der Waals surface area (Å²) < 4.78 is 21.2. The van der Waals surface area contributed by atoms with Gasteiger partial charge in [-0.15, -0.1) is 0 Å². The summed E-state index contributed by atoms with van der Waals surface area (Å²) in [6.07, 6.45) is 1.89. The first-order valence-electron chi connectivity index (χ1n) is 6.34. The van der Waals surface area contributed by atoms with Crippen molar-refractivity contribution in [1.29, 1.82) is 0 Å². The Morgan fingerprint density at radius 3 is 2.11 bits per heavy atom. The molecule has 0 aromatic rings. The summed E-state index contributed by atoms with van der Waals surface area (Å²) in [6, 6.07) is 0. The summed E-state index contributed by atoms with van der Waals surface area (Å²) in [5.74, 6) is 1.36. The summed E-state index contributed by atoms with van der Waals surface area (Å²) in [5.41, 5.74) is 0. The standard InChI is InChI=1S/C12H27O4P.Na.H/c1-10(2)8-12(5)6-7-15-17(13,14)16-9-11(3)4;;/h10-12H,6-9H2,1-5H3,(H,13,14);;/q;+1;-1. The minimum absolute atomic E-state index is 0. The first kappa shape index (κ1) is 21.4. The van der Waals surface area contributed by atoms with Gasteiger partial charge in [0.2, 0.25) is 0 Å². The maximum atomic E-state index is 11.4. The van der Waals surface area contributed by atoms with E-state index >= 15 is 0 Å². The fourth-order valence-electron chi connectivity index (χ4n) is 1.57. The minimum atomic E-state index is -3.84. The molecule has 0 aliphatic carbocycles. The predicted molar refractivity (Wildman–Crippen MR) is 70.9 cm³/mol. The maximum Gasteiger partial charge on any atom is 1.00 e. The van der Waals surface area contributed by atoms with Crippen molar-refractivity contribution >= 4 is 7.82 Å². The van der Waals surface area contributed by atoms with Gasteiger partial charge in [-0.3, -0.25) is 9.05 Å². The Bertz CT molecular complexity index is 252. The molecule has 0 aliphatic heterocycles. The molecule has 0 rings (SSSR count). The van der Waals surface area contributed by atoms with Crippen molar-refractivity contribution in [1.82, 2.24) is 0 Å². The summed E-state index contributed by atoms with van der Waals surface area (Å²) in [6.45, 7) is 10.8. The van der Waals surface area contributed by atoms with Gasteiger partial charge in [-0.25, -0.2) is 4.57 Å². The van der Waals surface area contributed by atoms with Gasteiger partial charge in [0.25, 0.3) is 0 Å². The molecule has 0 amide bonds. The van der Waals surface area contributed by atoms with Gasteiger partial charge in [0.05, 0.1) is 13.2 Å². The zero-order chi connectivity index (χ0) is 13.5. The van der Waals surface area contributed by atoms with Crippen molar-refractivity contribution in [3.63, 3.8) is 0 Å². The Balaban J connectivity index is -0.00000128. The van der Waals surface area contributed by atoms with Gasteiger partial charge in [-0.1, -0.05) is 34.6 Å². The Hall–Kier alpha value is 1.11. The Morgan fingerprint density at radius 2 is 1.67 bits per heavy atom. The van der Waals surface area contributed by atoms with Gasteiger partial charge in [0.1, 0.15) is 0 Å². The zero-order valence-electron chi connectivity index (χ0n) is 13.7. The van der Waals surface area contributed by atoms with E-state index in [2.05, 4.69) is 20.8 Å². The van der Waals surface area contributed by atoms with Crippen molar-refractivity contribution in [3.05, 3.63) is 0 Å². The van der Waals surface area contributed by atoms with Crippen LogP contribution in [0.15, 0.2) is 0 Å². The molecule has 0 bridgehead atoms. The summed E-state index contributed by atoms with van der Waals surface area (Å²) >= 11 is 0. The average molecular weight is 290 g/mol. The van der Waals surface area contributed by atoms with E-state index in [0.717, 1.165) is 12.8 Å². The van der Waals surface area contributed by atoms with E-state index in [4.69, 9.17) is 9.05 Å². The van der Waals surface area contributed by atoms with Gasteiger partial charge in [-0.05, 0) is 30.6 Å². The first-order valence-corrected chi connectivity index (χ1v) is 7.84. The summed E-state index contributed by atoms with van der Waals surface area (Å²) in [5, 5.41) is 0. The molecule has 1 N–H and O–H groups in total.